The number of hydrogen-bond donors (Lipinski definition) is 1. The second-order valence-corrected chi connectivity index (χ2v) is 5.11. The Morgan fingerprint density at radius 2 is 2.12 bits per heavy atom. The van der Waals surface area contributed by atoms with Crippen molar-refractivity contribution in [3.05, 3.63) is 34.3 Å². The van der Waals surface area contributed by atoms with Gasteiger partial charge in [-0.25, -0.2) is 0 Å². The van der Waals surface area contributed by atoms with Crippen molar-refractivity contribution in [2.45, 2.75) is 32.2 Å². The van der Waals surface area contributed by atoms with E-state index in [2.05, 4.69) is 11.4 Å². The summed E-state index contributed by atoms with van der Waals surface area (Å²) in [5.74, 6) is 0.840. The first-order chi connectivity index (χ1) is 8.29. The summed E-state index contributed by atoms with van der Waals surface area (Å²) in [5.41, 5.74) is 1.69. The van der Waals surface area contributed by atoms with Crippen LogP contribution in [0.1, 0.15) is 36.8 Å². The van der Waals surface area contributed by atoms with Crippen LogP contribution in [-0.4, -0.2) is 6.54 Å². The molecule has 0 unspecified atom stereocenters. The lowest BCUT2D eigenvalue weighted by Gasteiger charge is -2.11. The van der Waals surface area contributed by atoms with Gasteiger partial charge in [0.2, 0.25) is 0 Å². The number of rotatable bonds is 4. The largest absolute Gasteiger partial charge is 0.312 e. The molecule has 3 heteroatoms. The average Bonchev–Trinajstić information content (AvgIpc) is 2.84. The van der Waals surface area contributed by atoms with E-state index >= 15 is 0 Å². The number of benzene rings is 1. The highest BCUT2D eigenvalue weighted by Crippen LogP contribution is 2.24. The van der Waals surface area contributed by atoms with Gasteiger partial charge >= 0.3 is 0 Å². The van der Waals surface area contributed by atoms with Gasteiger partial charge in [0.1, 0.15) is 0 Å². The summed E-state index contributed by atoms with van der Waals surface area (Å²) >= 11 is 6.11. The molecule has 0 aromatic heterocycles. The molecular weight excluding hydrogens is 232 g/mol. The first-order valence-corrected chi connectivity index (χ1v) is 6.56. The molecule has 0 aliphatic heterocycles. The average molecular weight is 249 g/mol. The monoisotopic (exact) mass is 248 g/mol. The predicted molar refractivity (Wildman–Crippen MR) is 69.8 cm³/mol. The summed E-state index contributed by atoms with van der Waals surface area (Å²) in [6.07, 6.45) is 5.47. The molecule has 1 N–H and O–H groups in total. The Hall–Kier alpha value is -1.04. The third kappa shape index (κ3) is 3.46. The Bertz CT molecular complexity index is 417. The van der Waals surface area contributed by atoms with E-state index < -0.39 is 0 Å². The molecule has 2 rings (SSSR count). The van der Waals surface area contributed by atoms with Crippen LogP contribution in [0.3, 0.4) is 0 Å². The Balaban J connectivity index is 1.84. The molecule has 1 aromatic carbocycles. The van der Waals surface area contributed by atoms with Gasteiger partial charge in [0.25, 0.3) is 0 Å². The van der Waals surface area contributed by atoms with Crippen molar-refractivity contribution in [3.8, 4) is 6.07 Å². The highest BCUT2D eigenvalue weighted by Gasteiger charge is 2.14. The number of nitrogens with one attached hydrogen (secondary N) is 1. The highest BCUT2D eigenvalue weighted by atomic mass is 35.5. The maximum atomic E-state index is 8.75. The fraction of sp³-hybridized carbons (Fsp3) is 0.500. The fourth-order valence-corrected chi connectivity index (χ4v) is 2.63. The topological polar surface area (TPSA) is 35.8 Å². The van der Waals surface area contributed by atoms with Gasteiger partial charge in [0.05, 0.1) is 11.6 Å². The lowest BCUT2D eigenvalue weighted by molar-refractivity contribution is 0.489. The van der Waals surface area contributed by atoms with Gasteiger partial charge in [-0.3, -0.25) is 0 Å². The zero-order chi connectivity index (χ0) is 12.1. The lowest BCUT2D eigenvalue weighted by Crippen LogP contribution is -2.20. The first-order valence-electron chi connectivity index (χ1n) is 6.19. The number of halogens is 1. The minimum Gasteiger partial charge on any atom is -0.312 e. The van der Waals surface area contributed by atoms with Crippen LogP contribution >= 0.6 is 11.6 Å². The summed E-state index contributed by atoms with van der Waals surface area (Å²) in [5, 5.41) is 12.9. The van der Waals surface area contributed by atoms with Crippen molar-refractivity contribution in [2.24, 2.45) is 5.92 Å². The molecular formula is C14H17ClN2. The van der Waals surface area contributed by atoms with E-state index in [4.69, 9.17) is 16.9 Å². The summed E-state index contributed by atoms with van der Waals surface area (Å²) in [7, 11) is 0. The minimum absolute atomic E-state index is 0.620. The van der Waals surface area contributed by atoms with Crippen molar-refractivity contribution >= 4 is 11.6 Å². The van der Waals surface area contributed by atoms with E-state index in [0.717, 1.165) is 24.6 Å². The second-order valence-electron chi connectivity index (χ2n) is 4.70. The van der Waals surface area contributed by atoms with Gasteiger partial charge < -0.3 is 5.32 Å². The van der Waals surface area contributed by atoms with E-state index in [1.807, 2.05) is 12.1 Å². The zero-order valence-corrected chi connectivity index (χ0v) is 10.6. The molecule has 0 saturated heterocycles. The van der Waals surface area contributed by atoms with Gasteiger partial charge in [-0.2, -0.15) is 5.26 Å². The predicted octanol–water partition coefficient (Wildman–Crippen LogP) is 3.49. The van der Waals surface area contributed by atoms with Crippen LogP contribution < -0.4 is 5.32 Å². The summed E-state index contributed by atoms with van der Waals surface area (Å²) in [6.45, 7) is 1.87. The van der Waals surface area contributed by atoms with Crippen molar-refractivity contribution in [2.75, 3.05) is 6.54 Å². The van der Waals surface area contributed by atoms with Crippen molar-refractivity contribution in [1.29, 1.82) is 5.26 Å². The number of hydrogen-bond acceptors (Lipinski definition) is 2. The van der Waals surface area contributed by atoms with Gasteiger partial charge in [-0.05, 0) is 43.0 Å². The molecule has 1 aliphatic rings. The molecule has 0 bridgehead atoms. The van der Waals surface area contributed by atoms with E-state index in [0.29, 0.717) is 10.6 Å². The van der Waals surface area contributed by atoms with Crippen molar-refractivity contribution in [3.63, 3.8) is 0 Å². The van der Waals surface area contributed by atoms with Crippen LogP contribution in [0.5, 0.6) is 0 Å². The third-order valence-corrected chi connectivity index (χ3v) is 3.76. The maximum absolute atomic E-state index is 8.75. The van der Waals surface area contributed by atoms with Crippen LogP contribution in [0.15, 0.2) is 18.2 Å². The first kappa shape index (κ1) is 12.4. The quantitative estimate of drug-likeness (QED) is 0.885. The molecule has 1 aliphatic carbocycles. The van der Waals surface area contributed by atoms with E-state index in [1.165, 1.54) is 25.7 Å². The van der Waals surface area contributed by atoms with E-state index in [-0.39, 0.29) is 0 Å². The van der Waals surface area contributed by atoms with Crippen LogP contribution in [-0.2, 0) is 6.54 Å². The van der Waals surface area contributed by atoms with Crippen LogP contribution in [0.2, 0.25) is 5.02 Å². The van der Waals surface area contributed by atoms with Crippen molar-refractivity contribution < 1.29 is 0 Å². The fourth-order valence-electron chi connectivity index (χ4n) is 2.39. The van der Waals surface area contributed by atoms with Crippen LogP contribution in [0.25, 0.3) is 0 Å². The van der Waals surface area contributed by atoms with E-state index in [1.54, 1.807) is 6.07 Å². The third-order valence-electron chi connectivity index (χ3n) is 3.41. The SMILES string of the molecule is N#Cc1ccc(CNCC2CCCC2)c(Cl)c1. The number of nitrogens with zero attached hydrogens (tertiary/aromatic N) is 1. The Kier molecular flexibility index (Phi) is 4.42. The van der Waals surface area contributed by atoms with Gasteiger partial charge in [0, 0.05) is 11.6 Å². The molecule has 0 spiro atoms. The molecule has 1 aromatic rings. The molecule has 90 valence electrons. The lowest BCUT2D eigenvalue weighted by atomic mass is 10.1. The standard InChI is InChI=1S/C14H17ClN2/c15-14-7-12(8-16)5-6-13(14)10-17-9-11-3-1-2-4-11/h5-7,11,17H,1-4,9-10H2. The Morgan fingerprint density at radius 3 is 2.76 bits per heavy atom. The van der Waals surface area contributed by atoms with Crippen LogP contribution in [0.4, 0.5) is 0 Å². The second kappa shape index (κ2) is 6.05. The van der Waals surface area contributed by atoms with Gasteiger partial charge in [0.15, 0.2) is 0 Å². The summed E-state index contributed by atoms with van der Waals surface area (Å²) in [6, 6.07) is 7.57. The smallest absolute Gasteiger partial charge is 0.0992 e. The molecule has 1 saturated carbocycles. The van der Waals surface area contributed by atoms with E-state index in [9.17, 15) is 0 Å². The molecule has 17 heavy (non-hydrogen) atoms. The normalized spacial score (nSPS) is 16.0. The summed E-state index contributed by atoms with van der Waals surface area (Å²) in [4.78, 5) is 0. The molecule has 0 heterocycles. The van der Waals surface area contributed by atoms with Crippen molar-refractivity contribution in [1.82, 2.24) is 5.32 Å². The maximum Gasteiger partial charge on any atom is 0.0992 e. The minimum atomic E-state index is 0.620. The Labute approximate surface area is 108 Å². The molecule has 1 fully saturated rings. The number of nitriles is 1. The van der Waals surface area contributed by atoms with Crippen LogP contribution in [0, 0.1) is 17.2 Å². The Morgan fingerprint density at radius 1 is 1.35 bits per heavy atom. The van der Waals surface area contributed by atoms with Gasteiger partial charge in [-0.1, -0.05) is 30.5 Å². The summed E-state index contributed by atoms with van der Waals surface area (Å²) < 4.78 is 0. The zero-order valence-electron chi connectivity index (χ0n) is 9.88. The highest BCUT2D eigenvalue weighted by molar-refractivity contribution is 6.31. The van der Waals surface area contributed by atoms with Gasteiger partial charge in [-0.15, -0.1) is 0 Å². The molecule has 0 amide bonds. The molecule has 0 radical (unpaired) electrons. The molecule has 0 atom stereocenters. The molecule has 2 nitrogen and oxygen atoms in total.